The second kappa shape index (κ2) is 6.75. The molecule has 0 aliphatic rings. The second-order valence-electron chi connectivity index (χ2n) is 3.48. The number of thiazole rings is 1. The number of aromatic nitrogens is 1. The summed E-state index contributed by atoms with van der Waals surface area (Å²) in [7, 11) is 0. The van der Waals surface area contributed by atoms with E-state index in [1.165, 1.54) is 11.3 Å². The van der Waals surface area contributed by atoms with Gasteiger partial charge in [0, 0.05) is 17.2 Å². The summed E-state index contributed by atoms with van der Waals surface area (Å²) in [5, 5.41) is 15.0. The third-order valence-electron chi connectivity index (χ3n) is 2.11. The van der Waals surface area contributed by atoms with Crippen LogP contribution in [0.1, 0.15) is 19.0 Å². The highest BCUT2D eigenvalue weighted by Crippen LogP contribution is 2.16. The Labute approximate surface area is 103 Å². The van der Waals surface area contributed by atoms with Gasteiger partial charge in [-0.15, -0.1) is 11.3 Å². The molecule has 2 N–H and O–H groups in total. The summed E-state index contributed by atoms with van der Waals surface area (Å²) in [5.41, 5.74) is 0.623. The normalized spacial score (nSPS) is 12.4. The van der Waals surface area contributed by atoms with Crippen LogP contribution in [0.3, 0.4) is 0 Å². The number of hydrogen-bond donors (Lipinski definition) is 2. The van der Waals surface area contributed by atoms with E-state index in [-0.39, 0.29) is 6.42 Å². The van der Waals surface area contributed by atoms with E-state index in [9.17, 15) is 4.79 Å². The zero-order chi connectivity index (χ0) is 12.0. The fourth-order valence-corrected chi connectivity index (χ4v) is 2.22. The number of carbonyl (C=O) groups is 1. The van der Waals surface area contributed by atoms with E-state index in [1.54, 1.807) is 5.38 Å². The van der Waals surface area contributed by atoms with Crippen LogP contribution >= 0.6 is 23.1 Å². The molecule has 1 rings (SSSR count). The van der Waals surface area contributed by atoms with Gasteiger partial charge in [-0.25, -0.2) is 4.98 Å². The average molecular weight is 260 g/mol. The highest BCUT2D eigenvalue weighted by molar-refractivity contribution is 7.99. The molecular weight excluding hydrogens is 244 g/mol. The van der Waals surface area contributed by atoms with Crippen molar-refractivity contribution in [3.05, 3.63) is 11.1 Å². The van der Waals surface area contributed by atoms with Crippen molar-refractivity contribution in [1.82, 2.24) is 4.98 Å². The number of carboxylic acids is 1. The van der Waals surface area contributed by atoms with E-state index in [0.29, 0.717) is 10.9 Å². The summed E-state index contributed by atoms with van der Waals surface area (Å²) in [4.78, 5) is 14.7. The predicted molar refractivity (Wildman–Crippen MR) is 69.5 cm³/mol. The highest BCUT2D eigenvalue weighted by Gasteiger charge is 2.06. The number of thioether (sulfide) groups is 1. The maximum atomic E-state index is 10.5. The summed E-state index contributed by atoms with van der Waals surface area (Å²) < 4.78 is 0. The van der Waals surface area contributed by atoms with Gasteiger partial charge < -0.3 is 10.4 Å². The quantitative estimate of drug-likeness (QED) is 0.788. The number of nitrogens with one attached hydrogen (secondary N) is 1. The fraction of sp³-hybridized carbons (Fsp3) is 0.600. The zero-order valence-electron chi connectivity index (χ0n) is 9.40. The van der Waals surface area contributed by atoms with Gasteiger partial charge in [-0.2, -0.15) is 11.8 Å². The molecule has 90 valence electrons. The fourth-order valence-electron chi connectivity index (χ4n) is 1.12. The Kier molecular flexibility index (Phi) is 5.62. The first-order chi connectivity index (χ1) is 7.61. The topological polar surface area (TPSA) is 62.2 Å². The second-order valence-corrected chi connectivity index (χ2v) is 5.61. The van der Waals surface area contributed by atoms with Crippen LogP contribution in [0.2, 0.25) is 0 Å². The summed E-state index contributed by atoms with van der Waals surface area (Å²) >= 11 is 3.30. The lowest BCUT2D eigenvalue weighted by atomic mass is 10.3. The van der Waals surface area contributed by atoms with Gasteiger partial charge in [0.2, 0.25) is 0 Å². The number of nitrogens with zero attached hydrogens (tertiary/aromatic N) is 1. The first-order valence-electron chi connectivity index (χ1n) is 5.04. The van der Waals surface area contributed by atoms with Crippen molar-refractivity contribution in [2.24, 2.45) is 0 Å². The lowest BCUT2D eigenvalue weighted by molar-refractivity contribution is -0.136. The Morgan fingerprint density at radius 3 is 3.12 bits per heavy atom. The number of carboxylic acid groups (broad SMARTS) is 1. The zero-order valence-corrected chi connectivity index (χ0v) is 11.0. The summed E-state index contributed by atoms with van der Waals surface area (Å²) in [6.45, 7) is 3.06. The van der Waals surface area contributed by atoms with E-state index in [1.807, 2.05) is 11.8 Å². The van der Waals surface area contributed by atoms with Crippen molar-refractivity contribution in [3.63, 3.8) is 0 Å². The first-order valence-corrected chi connectivity index (χ1v) is 7.21. The molecule has 0 saturated heterocycles. The molecule has 1 atom stereocenters. The minimum atomic E-state index is -0.840. The molecule has 0 radical (unpaired) electrons. The summed E-state index contributed by atoms with van der Waals surface area (Å²) in [5.74, 6) is -0.840. The van der Waals surface area contributed by atoms with Crippen LogP contribution in [0, 0.1) is 0 Å². The predicted octanol–water partition coefficient (Wildman–Crippen LogP) is 2.32. The van der Waals surface area contributed by atoms with Crippen LogP contribution in [0.15, 0.2) is 5.38 Å². The molecule has 4 nitrogen and oxygen atoms in total. The molecular formula is C10H16N2O2S2. The van der Waals surface area contributed by atoms with Crippen molar-refractivity contribution in [1.29, 1.82) is 0 Å². The number of aliphatic carboxylic acids is 1. The molecule has 0 aliphatic carbocycles. The number of hydrogen-bond acceptors (Lipinski definition) is 5. The molecule has 1 unspecified atom stereocenters. The smallest absolute Gasteiger partial charge is 0.309 e. The van der Waals surface area contributed by atoms with Crippen molar-refractivity contribution in [3.8, 4) is 0 Å². The summed E-state index contributed by atoms with van der Waals surface area (Å²) in [6.07, 6.45) is 3.17. The Hall–Kier alpha value is -0.750. The average Bonchev–Trinajstić information content (AvgIpc) is 2.64. The van der Waals surface area contributed by atoms with E-state index in [0.717, 1.165) is 18.1 Å². The van der Waals surface area contributed by atoms with Crippen molar-refractivity contribution < 1.29 is 9.90 Å². The molecule has 0 aromatic carbocycles. The maximum Gasteiger partial charge on any atom is 0.309 e. The van der Waals surface area contributed by atoms with Gasteiger partial charge in [-0.1, -0.05) is 6.92 Å². The van der Waals surface area contributed by atoms with Gasteiger partial charge >= 0.3 is 5.97 Å². The highest BCUT2D eigenvalue weighted by atomic mass is 32.2. The minimum Gasteiger partial charge on any atom is -0.481 e. The molecule has 6 heteroatoms. The summed E-state index contributed by atoms with van der Waals surface area (Å²) in [6, 6.07) is 0. The van der Waals surface area contributed by atoms with Crippen LogP contribution in [-0.4, -0.2) is 34.1 Å². The molecule has 0 bridgehead atoms. The number of anilines is 1. The molecule has 0 spiro atoms. The van der Waals surface area contributed by atoms with E-state index in [4.69, 9.17) is 5.11 Å². The Morgan fingerprint density at radius 2 is 2.50 bits per heavy atom. The van der Waals surface area contributed by atoms with Crippen LogP contribution in [0.5, 0.6) is 0 Å². The third kappa shape index (κ3) is 4.85. The molecule has 1 heterocycles. The van der Waals surface area contributed by atoms with Crippen LogP contribution in [0.25, 0.3) is 0 Å². The Bertz CT molecular complexity index is 341. The number of rotatable bonds is 7. The van der Waals surface area contributed by atoms with E-state index < -0.39 is 5.97 Å². The lowest BCUT2D eigenvalue weighted by Crippen LogP contribution is -2.07. The maximum absolute atomic E-state index is 10.5. The third-order valence-corrected chi connectivity index (χ3v) is 4.00. The van der Waals surface area contributed by atoms with Gasteiger partial charge in [0.05, 0.1) is 12.1 Å². The molecule has 0 amide bonds. The molecule has 0 saturated carbocycles. The monoisotopic (exact) mass is 260 g/mol. The van der Waals surface area contributed by atoms with Crippen LogP contribution in [0.4, 0.5) is 5.13 Å². The van der Waals surface area contributed by atoms with Crippen LogP contribution in [-0.2, 0) is 11.2 Å². The van der Waals surface area contributed by atoms with Gasteiger partial charge in [0.15, 0.2) is 5.13 Å². The Balaban J connectivity index is 2.32. The standard InChI is InChI=1S/C10H16N2O2S2/c1-7(15-2)3-4-11-10-12-8(6-16-10)5-9(13)14/h6-7H,3-5H2,1-2H3,(H,11,12)(H,13,14). The van der Waals surface area contributed by atoms with Gasteiger partial charge in [-0.3, -0.25) is 4.79 Å². The molecule has 0 aliphatic heterocycles. The van der Waals surface area contributed by atoms with Crippen molar-refractivity contribution >= 4 is 34.2 Å². The largest absolute Gasteiger partial charge is 0.481 e. The van der Waals surface area contributed by atoms with Gasteiger partial charge in [0.25, 0.3) is 0 Å². The van der Waals surface area contributed by atoms with Crippen LogP contribution < -0.4 is 5.32 Å². The Morgan fingerprint density at radius 1 is 1.75 bits per heavy atom. The first kappa shape index (κ1) is 13.3. The van der Waals surface area contributed by atoms with E-state index >= 15 is 0 Å². The molecule has 1 aromatic heterocycles. The minimum absolute atomic E-state index is 0.000601. The SMILES string of the molecule is CSC(C)CCNc1nc(CC(=O)O)cs1. The molecule has 1 aromatic rings. The van der Waals surface area contributed by atoms with Gasteiger partial charge in [-0.05, 0) is 12.7 Å². The van der Waals surface area contributed by atoms with E-state index in [2.05, 4.69) is 23.5 Å². The molecule has 0 fully saturated rings. The van der Waals surface area contributed by atoms with Crippen molar-refractivity contribution in [2.75, 3.05) is 18.1 Å². The van der Waals surface area contributed by atoms with Gasteiger partial charge in [0.1, 0.15) is 0 Å². The van der Waals surface area contributed by atoms with Crippen molar-refractivity contribution in [2.45, 2.75) is 25.0 Å². The molecule has 16 heavy (non-hydrogen) atoms. The lowest BCUT2D eigenvalue weighted by Gasteiger charge is -2.07.